The molecule has 0 atom stereocenters. The van der Waals surface area contributed by atoms with Gasteiger partial charge in [-0.2, -0.15) is 0 Å². The molecule has 0 spiro atoms. The first-order chi connectivity index (χ1) is 13.0. The Morgan fingerprint density at radius 2 is 2.19 bits per heavy atom. The van der Waals surface area contributed by atoms with Gasteiger partial charge in [-0.3, -0.25) is 9.78 Å². The predicted molar refractivity (Wildman–Crippen MR) is 119 cm³/mol. The van der Waals surface area contributed by atoms with Gasteiger partial charge in [0.2, 0.25) is 6.41 Å². The number of amides is 1. The van der Waals surface area contributed by atoms with Crippen molar-refractivity contribution in [1.82, 2.24) is 9.88 Å². The van der Waals surface area contributed by atoms with Crippen LogP contribution < -0.4 is 4.90 Å². The molecule has 0 aliphatic carbocycles. The van der Waals surface area contributed by atoms with Crippen LogP contribution in [0.25, 0.3) is 6.08 Å². The molecule has 0 saturated heterocycles. The molecule has 1 amide bonds. The van der Waals surface area contributed by atoms with Crippen molar-refractivity contribution in [3.8, 4) is 0 Å². The standard InChI is InChI=1S/C20H20BrN3OS2/c1-4-24(13-25)19(12-16-7-5-6-10-22-16)26-14(2)20-23(3)17-11-15(21)8-9-18(17)27-20/h5-13H,4H2,1-3H3/b19-12-,20-14+. The van der Waals surface area contributed by atoms with Crippen LogP contribution in [0.2, 0.25) is 0 Å². The third-order valence-corrected chi connectivity index (χ3v) is 7.08. The molecular formula is C20H20BrN3OS2. The van der Waals surface area contributed by atoms with E-state index in [1.165, 1.54) is 15.6 Å². The number of rotatable bonds is 6. The number of halogens is 1. The van der Waals surface area contributed by atoms with E-state index in [1.54, 1.807) is 34.6 Å². The van der Waals surface area contributed by atoms with Crippen molar-refractivity contribution >= 4 is 57.6 Å². The van der Waals surface area contributed by atoms with E-state index < -0.39 is 0 Å². The summed E-state index contributed by atoms with van der Waals surface area (Å²) in [7, 11) is 2.07. The molecule has 1 aliphatic rings. The van der Waals surface area contributed by atoms with Crippen molar-refractivity contribution in [2.75, 3.05) is 18.5 Å². The molecule has 1 aliphatic heterocycles. The zero-order valence-electron chi connectivity index (χ0n) is 15.3. The number of benzene rings is 1. The van der Waals surface area contributed by atoms with Crippen LogP contribution in [0.15, 0.2) is 66.9 Å². The second-order valence-electron chi connectivity index (χ2n) is 5.87. The smallest absolute Gasteiger partial charge is 0.214 e. The van der Waals surface area contributed by atoms with E-state index in [4.69, 9.17) is 0 Å². The van der Waals surface area contributed by atoms with Crippen molar-refractivity contribution in [2.45, 2.75) is 18.7 Å². The van der Waals surface area contributed by atoms with Crippen LogP contribution in [-0.4, -0.2) is 29.9 Å². The van der Waals surface area contributed by atoms with E-state index >= 15 is 0 Å². The fourth-order valence-electron chi connectivity index (χ4n) is 2.67. The molecular weight excluding hydrogens is 442 g/mol. The Labute approximate surface area is 176 Å². The molecule has 0 radical (unpaired) electrons. The summed E-state index contributed by atoms with van der Waals surface area (Å²) in [5.74, 6) is 0. The van der Waals surface area contributed by atoms with Crippen LogP contribution in [0.5, 0.6) is 0 Å². The second kappa shape index (κ2) is 8.99. The highest BCUT2D eigenvalue weighted by molar-refractivity contribution is 9.10. The van der Waals surface area contributed by atoms with Crippen LogP contribution in [0.1, 0.15) is 19.5 Å². The third-order valence-electron chi connectivity index (χ3n) is 4.06. The molecule has 140 valence electrons. The van der Waals surface area contributed by atoms with Crippen molar-refractivity contribution in [2.24, 2.45) is 0 Å². The van der Waals surface area contributed by atoms with Gasteiger partial charge in [0.25, 0.3) is 0 Å². The number of nitrogens with zero attached hydrogens (tertiary/aromatic N) is 3. The van der Waals surface area contributed by atoms with Crippen LogP contribution in [-0.2, 0) is 4.79 Å². The summed E-state index contributed by atoms with van der Waals surface area (Å²) >= 11 is 6.89. The summed E-state index contributed by atoms with van der Waals surface area (Å²) < 4.78 is 1.06. The van der Waals surface area contributed by atoms with E-state index in [-0.39, 0.29) is 0 Å². The minimum Gasteiger partial charge on any atom is -0.337 e. The Hall–Kier alpha value is -1.70. The van der Waals surface area contributed by atoms with E-state index in [9.17, 15) is 4.79 Å². The topological polar surface area (TPSA) is 36.4 Å². The lowest BCUT2D eigenvalue weighted by molar-refractivity contribution is -0.115. The summed E-state index contributed by atoms with van der Waals surface area (Å²) in [4.78, 5) is 22.2. The Morgan fingerprint density at radius 3 is 2.85 bits per heavy atom. The molecule has 3 rings (SSSR count). The van der Waals surface area contributed by atoms with Gasteiger partial charge in [-0.1, -0.05) is 45.5 Å². The van der Waals surface area contributed by atoms with Gasteiger partial charge in [0, 0.05) is 34.1 Å². The first kappa shape index (κ1) is 20.0. The highest BCUT2D eigenvalue weighted by Crippen LogP contribution is 2.49. The minimum absolute atomic E-state index is 0.605. The van der Waals surface area contributed by atoms with Crippen molar-refractivity contribution < 1.29 is 4.79 Å². The Bertz CT molecular complexity index is 899. The number of anilines is 1. The second-order valence-corrected chi connectivity index (χ2v) is 9.05. The van der Waals surface area contributed by atoms with Gasteiger partial charge in [0.15, 0.2) is 0 Å². The highest BCUT2D eigenvalue weighted by atomic mass is 79.9. The zero-order valence-corrected chi connectivity index (χ0v) is 18.6. The molecule has 0 saturated carbocycles. The lowest BCUT2D eigenvalue weighted by Crippen LogP contribution is -2.19. The van der Waals surface area contributed by atoms with Gasteiger partial charge in [-0.15, -0.1) is 0 Å². The number of aromatic nitrogens is 1. The number of carbonyl (C=O) groups is 1. The van der Waals surface area contributed by atoms with Gasteiger partial charge < -0.3 is 9.80 Å². The fourth-order valence-corrected chi connectivity index (χ4v) is 5.30. The van der Waals surface area contributed by atoms with E-state index in [1.807, 2.05) is 31.2 Å². The molecule has 0 bridgehead atoms. The maximum Gasteiger partial charge on any atom is 0.214 e. The van der Waals surface area contributed by atoms with Gasteiger partial charge in [0.1, 0.15) is 0 Å². The molecule has 1 aromatic heterocycles. The third kappa shape index (κ3) is 4.59. The van der Waals surface area contributed by atoms with Gasteiger partial charge in [0.05, 0.1) is 21.4 Å². The van der Waals surface area contributed by atoms with E-state index in [0.717, 1.165) is 26.5 Å². The van der Waals surface area contributed by atoms with Gasteiger partial charge >= 0.3 is 0 Å². The summed E-state index contributed by atoms with van der Waals surface area (Å²) in [5.41, 5.74) is 2.01. The van der Waals surface area contributed by atoms with Crippen LogP contribution >= 0.6 is 39.5 Å². The van der Waals surface area contributed by atoms with Crippen LogP contribution in [0.3, 0.4) is 0 Å². The molecule has 27 heavy (non-hydrogen) atoms. The molecule has 7 heteroatoms. The Morgan fingerprint density at radius 1 is 1.37 bits per heavy atom. The largest absolute Gasteiger partial charge is 0.337 e. The summed E-state index contributed by atoms with van der Waals surface area (Å²) in [6, 6.07) is 12.1. The molecule has 0 fully saturated rings. The van der Waals surface area contributed by atoms with Crippen molar-refractivity contribution in [3.63, 3.8) is 0 Å². The normalized spacial score (nSPS) is 15.6. The minimum atomic E-state index is 0.605. The number of pyridine rings is 1. The quantitative estimate of drug-likeness (QED) is 0.509. The first-order valence-electron chi connectivity index (χ1n) is 8.48. The summed E-state index contributed by atoms with van der Waals surface area (Å²) in [6.45, 7) is 4.66. The number of fused-ring (bicyclic) bond motifs is 1. The molecule has 0 unspecified atom stereocenters. The average molecular weight is 462 g/mol. The summed E-state index contributed by atoms with van der Waals surface area (Å²) in [5, 5.41) is 2.03. The molecule has 4 nitrogen and oxygen atoms in total. The Balaban J connectivity index is 1.93. The molecule has 1 aromatic carbocycles. The lowest BCUT2D eigenvalue weighted by Gasteiger charge is -2.21. The van der Waals surface area contributed by atoms with Crippen molar-refractivity contribution in [1.29, 1.82) is 0 Å². The van der Waals surface area contributed by atoms with Gasteiger partial charge in [-0.05, 0) is 50.3 Å². The Kier molecular flexibility index (Phi) is 6.68. The van der Waals surface area contributed by atoms with E-state index in [2.05, 4.69) is 58.0 Å². The number of thioether (sulfide) groups is 2. The van der Waals surface area contributed by atoms with Crippen LogP contribution in [0, 0.1) is 0 Å². The maximum absolute atomic E-state index is 11.6. The fraction of sp³-hybridized carbons (Fsp3) is 0.200. The highest BCUT2D eigenvalue weighted by Gasteiger charge is 2.25. The number of hydrogen-bond donors (Lipinski definition) is 0. The number of allylic oxidation sites excluding steroid dienone is 1. The SMILES string of the molecule is CCN(C=O)/C(=C/c1ccccn1)S/C(C)=C1/Sc2ccc(Br)cc2N1C. The average Bonchev–Trinajstić information content (AvgIpc) is 3.00. The lowest BCUT2D eigenvalue weighted by atomic mass is 10.3. The monoisotopic (exact) mass is 461 g/mol. The van der Waals surface area contributed by atoms with Gasteiger partial charge in [-0.25, -0.2) is 0 Å². The molecule has 0 N–H and O–H groups in total. The van der Waals surface area contributed by atoms with E-state index in [0.29, 0.717) is 6.54 Å². The van der Waals surface area contributed by atoms with Crippen molar-refractivity contribution in [3.05, 3.63) is 67.7 Å². The van der Waals surface area contributed by atoms with Crippen LogP contribution in [0.4, 0.5) is 5.69 Å². The molecule has 2 heterocycles. The number of hydrogen-bond acceptors (Lipinski definition) is 5. The first-order valence-corrected chi connectivity index (χ1v) is 10.9. The zero-order chi connectivity index (χ0) is 19.4. The predicted octanol–water partition coefficient (Wildman–Crippen LogP) is 5.79. The number of carbonyl (C=O) groups excluding carboxylic acids is 1. The summed E-state index contributed by atoms with van der Waals surface area (Å²) in [6.07, 6.45) is 4.58. The molecule has 2 aromatic rings. The maximum atomic E-state index is 11.6.